The first-order valence-corrected chi connectivity index (χ1v) is 5.57. The van der Waals surface area contributed by atoms with Gasteiger partial charge < -0.3 is 9.52 Å². The van der Waals surface area contributed by atoms with Crippen molar-refractivity contribution in [3.8, 4) is 16.9 Å². The Morgan fingerprint density at radius 3 is 2.33 bits per heavy atom. The molecule has 0 aliphatic heterocycles. The van der Waals surface area contributed by atoms with Crippen LogP contribution in [0.4, 0.5) is 0 Å². The van der Waals surface area contributed by atoms with Crippen LogP contribution in [0.3, 0.4) is 0 Å². The Balaban J connectivity index is 2.47. The van der Waals surface area contributed by atoms with E-state index >= 15 is 0 Å². The molecule has 3 nitrogen and oxygen atoms in total. The van der Waals surface area contributed by atoms with Crippen molar-refractivity contribution < 1.29 is 9.52 Å². The minimum absolute atomic E-state index is 0.347. The molecule has 1 heterocycles. The van der Waals surface area contributed by atoms with E-state index in [-0.39, 0.29) is 5.75 Å². The second-order valence-electron chi connectivity index (χ2n) is 3.98. The summed E-state index contributed by atoms with van der Waals surface area (Å²) in [7, 11) is 0. The van der Waals surface area contributed by atoms with E-state index in [1.165, 1.54) is 0 Å². The Morgan fingerprint density at radius 2 is 1.56 bits per heavy atom. The van der Waals surface area contributed by atoms with Gasteiger partial charge in [-0.25, -0.2) is 4.79 Å². The summed E-state index contributed by atoms with van der Waals surface area (Å²) in [5, 5.41) is 10.7. The molecule has 1 aromatic heterocycles. The highest BCUT2D eigenvalue weighted by Crippen LogP contribution is 2.33. The Labute approximate surface area is 103 Å². The quantitative estimate of drug-likeness (QED) is 0.662. The minimum atomic E-state index is -0.715. The summed E-state index contributed by atoms with van der Waals surface area (Å²) in [5.74, 6) is -0.347. The zero-order chi connectivity index (χ0) is 12.5. The molecule has 88 valence electrons. The molecule has 0 spiro atoms. The molecule has 0 saturated carbocycles. The average molecular weight is 238 g/mol. The van der Waals surface area contributed by atoms with Crippen LogP contribution in [0.2, 0.25) is 0 Å². The first-order valence-electron chi connectivity index (χ1n) is 5.57. The summed E-state index contributed by atoms with van der Waals surface area (Å²) >= 11 is 0. The maximum Gasteiger partial charge on any atom is 0.379 e. The average Bonchev–Trinajstić information content (AvgIpc) is 2.41. The zero-order valence-electron chi connectivity index (χ0n) is 9.46. The second kappa shape index (κ2) is 4.04. The predicted octanol–water partition coefficient (Wildman–Crippen LogP) is 3.17. The summed E-state index contributed by atoms with van der Waals surface area (Å²) in [5.41, 5.74) is 1.06. The lowest BCUT2D eigenvalue weighted by Gasteiger charge is -2.07. The summed E-state index contributed by atoms with van der Waals surface area (Å²) in [6.45, 7) is 0. The summed E-state index contributed by atoms with van der Waals surface area (Å²) in [6.07, 6.45) is 0. The third-order valence-corrected chi connectivity index (χ3v) is 2.85. The van der Waals surface area contributed by atoms with Crippen molar-refractivity contribution in [2.45, 2.75) is 0 Å². The molecular formula is C15H10O3. The van der Waals surface area contributed by atoms with Gasteiger partial charge in [0.2, 0.25) is 5.75 Å². The van der Waals surface area contributed by atoms with Crippen LogP contribution in [0.5, 0.6) is 5.75 Å². The maximum absolute atomic E-state index is 11.6. The third kappa shape index (κ3) is 1.57. The van der Waals surface area contributed by atoms with E-state index in [0.29, 0.717) is 11.1 Å². The van der Waals surface area contributed by atoms with Gasteiger partial charge in [-0.3, -0.25) is 0 Å². The molecule has 3 heteroatoms. The van der Waals surface area contributed by atoms with E-state index in [1.54, 1.807) is 12.1 Å². The molecule has 0 radical (unpaired) electrons. The summed E-state index contributed by atoms with van der Waals surface area (Å²) < 4.78 is 5.05. The third-order valence-electron chi connectivity index (χ3n) is 2.85. The molecule has 0 unspecified atom stereocenters. The topological polar surface area (TPSA) is 50.4 Å². The lowest BCUT2D eigenvalue weighted by molar-refractivity contribution is 0.430. The van der Waals surface area contributed by atoms with Crippen LogP contribution in [0.15, 0.2) is 63.8 Å². The van der Waals surface area contributed by atoms with Crippen molar-refractivity contribution in [3.05, 3.63) is 65.0 Å². The fraction of sp³-hybridized carbons (Fsp3) is 0. The van der Waals surface area contributed by atoms with Crippen LogP contribution in [0, 0.1) is 0 Å². The van der Waals surface area contributed by atoms with Gasteiger partial charge in [0.05, 0.1) is 0 Å². The maximum atomic E-state index is 11.6. The Kier molecular flexibility index (Phi) is 2.38. The van der Waals surface area contributed by atoms with E-state index in [1.807, 2.05) is 42.5 Å². The monoisotopic (exact) mass is 238 g/mol. The molecule has 0 bridgehead atoms. The van der Waals surface area contributed by atoms with Crippen LogP contribution in [0.1, 0.15) is 0 Å². The standard InChI is InChI=1S/C15H10O3/c16-14-13(10-6-2-1-3-7-10)11-8-4-5-9-12(11)18-15(14)17/h1-9,16H. The second-order valence-corrected chi connectivity index (χ2v) is 3.98. The van der Waals surface area contributed by atoms with E-state index in [4.69, 9.17) is 4.42 Å². The van der Waals surface area contributed by atoms with E-state index in [2.05, 4.69) is 0 Å². The van der Waals surface area contributed by atoms with E-state index in [9.17, 15) is 9.90 Å². The van der Waals surface area contributed by atoms with Gasteiger partial charge >= 0.3 is 5.63 Å². The molecule has 18 heavy (non-hydrogen) atoms. The SMILES string of the molecule is O=c1oc2ccccc2c(-c2ccccc2)c1O. The number of fused-ring (bicyclic) bond motifs is 1. The molecule has 0 saturated heterocycles. The minimum Gasteiger partial charge on any atom is -0.501 e. The van der Waals surface area contributed by atoms with Gasteiger partial charge in [-0.05, 0) is 11.6 Å². The van der Waals surface area contributed by atoms with Crippen molar-refractivity contribution in [2.75, 3.05) is 0 Å². The van der Waals surface area contributed by atoms with Crippen LogP contribution < -0.4 is 5.63 Å². The predicted molar refractivity (Wildman–Crippen MR) is 69.6 cm³/mol. The number of hydrogen-bond donors (Lipinski definition) is 1. The Morgan fingerprint density at radius 1 is 0.889 bits per heavy atom. The van der Waals surface area contributed by atoms with Gasteiger partial charge in [-0.15, -0.1) is 0 Å². The van der Waals surface area contributed by atoms with Crippen molar-refractivity contribution in [1.29, 1.82) is 0 Å². The van der Waals surface area contributed by atoms with Gasteiger partial charge in [-0.1, -0.05) is 48.5 Å². The van der Waals surface area contributed by atoms with Crippen molar-refractivity contribution in [1.82, 2.24) is 0 Å². The largest absolute Gasteiger partial charge is 0.501 e. The number of hydrogen-bond acceptors (Lipinski definition) is 3. The van der Waals surface area contributed by atoms with E-state index in [0.717, 1.165) is 10.9 Å². The smallest absolute Gasteiger partial charge is 0.379 e. The highest BCUT2D eigenvalue weighted by molar-refractivity contribution is 5.96. The molecule has 0 fully saturated rings. The number of benzene rings is 2. The number of para-hydroxylation sites is 1. The fourth-order valence-electron chi connectivity index (χ4n) is 2.04. The van der Waals surface area contributed by atoms with Gasteiger partial charge in [0.25, 0.3) is 0 Å². The fourth-order valence-corrected chi connectivity index (χ4v) is 2.04. The summed E-state index contributed by atoms with van der Waals surface area (Å²) in [4.78, 5) is 11.6. The molecule has 0 atom stereocenters. The van der Waals surface area contributed by atoms with Crippen molar-refractivity contribution in [2.24, 2.45) is 0 Å². The van der Waals surface area contributed by atoms with Gasteiger partial charge in [-0.2, -0.15) is 0 Å². The van der Waals surface area contributed by atoms with Gasteiger partial charge in [0.1, 0.15) is 5.58 Å². The highest BCUT2D eigenvalue weighted by Gasteiger charge is 2.14. The first-order chi connectivity index (χ1) is 8.77. The van der Waals surface area contributed by atoms with Gasteiger partial charge in [0.15, 0.2) is 0 Å². The van der Waals surface area contributed by atoms with Crippen molar-refractivity contribution in [3.63, 3.8) is 0 Å². The molecule has 2 aromatic carbocycles. The molecule has 0 aliphatic carbocycles. The Bertz CT molecular complexity index is 758. The molecule has 0 aliphatic rings. The molecule has 3 rings (SSSR count). The highest BCUT2D eigenvalue weighted by atomic mass is 16.4. The zero-order valence-corrected chi connectivity index (χ0v) is 9.46. The van der Waals surface area contributed by atoms with E-state index < -0.39 is 5.63 Å². The molecule has 0 amide bonds. The lowest BCUT2D eigenvalue weighted by Crippen LogP contribution is -2.00. The molecular weight excluding hydrogens is 228 g/mol. The van der Waals surface area contributed by atoms with Crippen LogP contribution in [-0.2, 0) is 0 Å². The normalized spacial score (nSPS) is 10.7. The number of aromatic hydroxyl groups is 1. The molecule has 3 aromatic rings. The van der Waals surface area contributed by atoms with Crippen molar-refractivity contribution >= 4 is 11.0 Å². The first kappa shape index (κ1) is 10.6. The Hall–Kier alpha value is -2.55. The van der Waals surface area contributed by atoms with Gasteiger partial charge in [0, 0.05) is 10.9 Å². The molecule has 1 N–H and O–H groups in total. The van der Waals surface area contributed by atoms with Crippen LogP contribution >= 0.6 is 0 Å². The summed E-state index contributed by atoms with van der Waals surface area (Å²) in [6, 6.07) is 16.5. The lowest BCUT2D eigenvalue weighted by atomic mass is 10.0. The number of rotatable bonds is 1. The van der Waals surface area contributed by atoms with Crippen LogP contribution in [0.25, 0.3) is 22.1 Å². The van der Waals surface area contributed by atoms with Crippen LogP contribution in [-0.4, -0.2) is 5.11 Å².